The van der Waals surface area contributed by atoms with Gasteiger partial charge in [0.25, 0.3) is 5.69 Å². The molecule has 118 valence electrons. The quantitative estimate of drug-likeness (QED) is 0.682. The van der Waals surface area contributed by atoms with Crippen LogP contribution in [0.4, 0.5) is 17.1 Å². The van der Waals surface area contributed by atoms with Crippen LogP contribution in [0, 0.1) is 10.1 Å². The van der Waals surface area contributed by atoms with Gasteiger partial charge >= 0.3 is 0 Å². The van der Waals surface area contributed by atoms with Crippen molar-refractivity contribution in [2.45, 2.75) is 18.3 Å². The normalized spacial score (nSPS) is 18.9. The molecule has 1 fully saturated rings. The molecule has 23 heavy (non-hydrogen) atoms. The Morgan fingerprint density at radius 3 is 2.39 bits per heavy atom. The predicted octanol–water partition coefficient (Wildman–Crippen LogP) is 3.37. The van der Waals surface area contributed by atoms with E-state index in [4.69, 9.17) is 0 Å². The van der Waals surface area contributed by atoms with Crippen LogP contribution in [0.15, 0.2) is 48.5 Å². The number of anilines is 2. The molecule has 0 unspecified atom stereocenters. The highest BCUT2D eigenvalue weighted by Crippen LogP contribution is 2.50. The third kappa shape index (κ3) is 2.19. The van der Waals surface area contributed by atoms with E-state index in [0.29, 0.717) is 5.69 Å². The highest BCUT2D eigenvalue weighted by atomic mass is 16.6. The van der Waals surface area contributed by atoms with Crippen molar-refractivity contribution in [1.29, 1.82) is 0 Å². The molecule has 0 bridgehead atoms. The number of nitrogens with one attached hydrogen (secondary N) is 1. The van der Waals surface area contributed by atoms with Gasteiger partial charge in [-0.3, -0.25) is 10.1 Å². The minimum atomic E-state index is -0.286. The molecule has 1 N–H and O–H groups in total. The van der Waals surface area contributed by atoms with Crippen molar-refractivity contribution in [3.05, 3.63) is 64.2 Å². The lowest BCUT2D eigenvalue weighted by Crippen LogP contribution is -2.42. The average Bonchev–Trinajstić information content (AvgIpc) is 2.90. The minimum Gasteiger partial charge on any atom is -0.335 e. The van der Waals surface area contributed by atoms with Crippen LogP contribution in [0.3, 0.4) is 0 Å². The lowest BCUT2D eigenvalue weighted by atomic mass is 9.75. The molecule has 2 heterocycles. The van der Waals surface area contributed by atoms with E-state index in [1.165, 1.54) is 5.56 Å². The average molecular weight is 309 g/mol. The number of rotatable bonds is 2. The van der Waals surface area contributed by atoms with Gasteiger partial charge in [-0.05, 0) is 43.6 Å². The predicted molar refractivity (Wildman–Crippen MR) is 90.3 cm³/mol. The van der Waals surface area contributed by atoms with Gasteiger partial charge in [-0.1, -0.05) is 30.3 Å². The van der Waals surface area contributed by atoms with E-state index < -0.39 is 0 Å². The second-order valence-corrected chi connectivity index (χ2v) is 6.38. The molecule has 0 atom stereocenters. The van der Waals surface area contributed by atoms with E-state index in [0.717, 1.165) is 38.2 Å². The molecule has 4 rings (SSSR count). The first-order valence-corrected chi connectivity index (χ1v) is 8.02. The second-order valence-electron chi connectivity index (χ2n) is 6.38. The van der Waals surface area contributed by atoms with Crippen LogP contribution in [0.1, 0.15) is 18.4 Å². The number of nitro groups is 1. The molecular weight excluding hydrogens is 290 g/mol. The Morgan fingerprint density at radius 2 is 1.65 bits per heavy atom. The Balaban J connectivity index is 1.84. The van der Waals surface area contributed by atoms with Crippen LogP contribution in [0.5, 0.6) is 0 Å². The van der Waals surface area contributed by atoms with Gasteiger partial charge in [-0.15, -0.1) is 0 Å². The monoisotopic (exact) mass is 309 g/mol. The Hall–Kier alpha value is -2.40. The fourth-order valence-corrected chi connectivity index (χ4v) is 4.02. The standard InChI is InChI=1S/C18H19N3O2/c22-21(23)17-8-4-3-7-16(17)20-13-18(9-11-19-12-10-18)14-5-1-2-6-15(14)20/h1-8,19H,9-13H2. The third-order valence-electron chi connectivity index (χ3n) is 5.16. The van der Waals surface area contributed by atoms with Crippen LogP contribution in [0.2, 0.25) is 0 Å². The van der Waals surface area contributed by atoms with Crippen LogP contribution < -0.4 is 10.2 Å². The number of fused-ring (bicyclic) bond motifs is 2. The fourth-order valence-electron chi connectivity index (χ4n) is 4.02. The summed E-state index contributed by atoms with van der Waals surface area (Å²) < 4.78 is 0. The first kappa shape index (κ1) is 14.2. The molecule has 1 spiro atoms. The maximum Gasteiger partial charge on any atom is 0.292 e. The zero-order valence-electron chi connectivity index (χ0n) is 12.9. The van der Waals surface area contributed by atoms with Crippen molar-refractivity contribution in [3.63, 3.8) is 0 Å². The number of para-hydroxylation sites is 3. The molecule has 5 nitrogen and oxygen atoms in total. The Morgan fingerprint density at radius 1 is 1.00 bits per heavy atom. The highest BCUT2D eigenvalue weighted by molar-refractivity contribution is 5.78. The summed E-state index contributed by atoms with van der Waals surface area (Å²) in [7, 11) is 0. The topological polar surface area (TPSA) is 58.4 Å². The maximum atomic E-state index is 11.4. The van der Waals surface area contributed by atoms with Crippen LogP contribution in [0.25, 0.3) is 0 Å². The first-order chi connectivity index (χ1) is 11.2. The van der Waals surface area contributed by atoms with E-state index >= 15 is 0 Å². The van der Waals surface area contributed by atoms with Gasteiger partial charge in [0, 0.05) is 23.7 Å². The van der Waals surface area contributed by atoms with Gasteiger partial charge in [-0.25, -0.2) is 0 Å². The maximum absolute atomic E-state index is 11.4. The zero-order chi connectivity index (χ0) is 15.9. The number of nitrogens with zero attached hydrogens (tertiary/aromatic N) is 2. The van der Waals surface area contributed by atoms with Crippen molar-refractivity contribution in [3.8, 4) is 0 Å². The fraction of sp³-hybridized carbons (Fsp3) is 0.333. The van der Waals surface area contributed by atoms with E-state index in [9.17, 15) is 10.1 Å². The molecule has 2 aliphatic heterocycles. The van der Waals surface area contributed by atoms with Gasteiger partial charge in [0.2, 0.25) is 0 Å². The molecule has 1 saturated heterocycles. The van der Waals surface area contributed by atoms with Crippen molar-refractivity contribution >= 4 is 17.1 Å². The van der Waals surface area contributed by atoms with E-state index in [1.807, 2.05) is 18.2 Å². The number of nitro benzene ring substituents is 1. The lowest BCUT2D eigenvalue weighted by molar-refractivity contribution is -0.384. The molecule has 0 amide bonds. The summed E-state index contributed by atoms with van der Waals surface area (Å²) in [6.07, 6.45) is 2.14. The summed E-state index contributed by atoms with van der Waals surface area (Å²) in [6.45, 7) is 2.82. The van der Waals surface area contributed by atoms with E-state index in [2.05, 4.69) is 28.4 Å². The molecule has 2 aromatic rings. The van der Waals surface area contributed by atoms with Crippen molar-refractivity contribution in [2.75, 3.05) is 24.5 Å². The van der Waals surface area contributed by atoms with Crippen molar-refractivity contribution in [2.24, 2.45) is 0 Å². The second kappa shape index (κ2) is 5.35. The summed E-state index contributed by atoms with van der Waals surface area (Å²) in [5.74, 6) is 0. The zero-order valence-corrected chi connectivity index (χ0v) is 12.9. The van der Waals surface area contributed by atoms with Crippen LogP contribution >= 0.6 is 0 Å². The van der Waals surface area contributed by atoms with E-state index in [-0.39, 0.29) is 16.0 Å². The molecular formula is C18H19N3O2. The molecule has 0 aliphatic carbocycles. The molecule has 2 aliphatic rings. The highest BCUT2D eigenvalue weighted by Gasteiger charge is 2.44. The first-order valence-electron chi connectivity index (χ1n) is 8.02. The molecule has 2 aromatic carbocycles. The number of hydrogen-bond acceptors (Lipinski definition) is 4. The van der Waals surface area contributed by atoms with Crippen LogP contribution in [-0.4, -0.2) is 24.6 Å². The van der Waals surface area contributed by atoms with Crippen molar-refractivity contribution in [1.82, 2.24) is 5.32 Å². The SMILES string of the molecule is O=[N+]([O-])c1ccccc1N1CC2(CCNCC2)c2ccccc21. The molecule has 0 saturated carbocycles. The largest absolute Gasteiger partial charge is 0.335 e. The Labute approximate surface area is 135 Å². The summed E-state index contributed by atoms with van der Waals surface area (Å²) in [5, 5.41) is 14.9. The number of piperidine rings is 1. The summed E-state index contributed by atoms with van der Waals surface area (Å²) in [5.41, 5.74) is 3.42. The van der Waals surface area contributed by atoms with Gasteiger partial charge in [0.05, 0.1) is 4.92 Å². The molecule has 5 heteroatoms. The molecule has 0 radical (unpaired) electrons. The number of hydrogen-bond donors (Lipinski definition) is 1. The Bertz CT molecular complexity index is 753. The van der Waals surface area contributed by atoms with Gasteiger partial charge < -0.3 is 10.2 Å². The minimum absolute atomic E-state index is 0.103. The molecule has 0 aromatic heterocycles. The summed E-state index contributed by atoms with van der Waals surface area (Å²) in [6, 6.07) is 15.4. The van der Waals surface area contributed by atoms with Gasteiger partial charge in [0.15, 0.2) is 0 Å². The smallest absolute Gasteiger partial charge is 0.292 e. The number of benzene rings is 2. The van der Waals surface area contributed by atoms with Crippen LogP contribution in [-0.2, 0) is 5.41 Å². The Kier molecular flexibility index (Phi) is 3.31. The summed E-state index contributed by atoms with van der Waals surface area (Å²) >= 11 is 0. The van der Waals surface area contributed by atoms with E-state index in [1.54, 1.807) is 12.1 Å². The van der Waals surface area contributed by atoms with Gasteiger partial charge in [0.1, 0.15) is 5.69 Å². The lowest BCUT2D eigenvalue weighted by Gasteiger charge is -2.34. The van der Waals surface area contributed by atoms with Gasteiger partial charge in [-0.2, -0.15) is 0 Å². The third-order valence-corrected chi connectivity index (χ3v) is 5.16. The summed E-state index contributed by atoms with van der Waals surface area (Å²) in [4.78, 5) is 13.3. The van der Waals surface area contributed by atoms with Crippen molar-refractivity contribution < 1.29 is 4.92 Å².